The lowest BCUT2D eigenvalue weighted by Crippen LogP contribution is -2.42. The van der Waals surface area contributed by atoms with Crippen molar-refractivity contribution in [3.63, 3.8) is 0 Å². The van der Waals surface area contributed by atoms with E-state index in [9.17, 15) is 13.2 Å². The van der Waals surface area contributed by atoms with Crippen molar-refractivity contribution in [1.82, 2.24) is 14.5 Å². The topological polar surface area (TPSA) is 69.7 Å². The van der Waals surface area contributed by atoms with Crippen molar-refractivity contribution < 1.29 is 13.2 Å². The van der Waals surface area contributed by atoms with Crippen LogP contribution in [0.4, 0.5) is 0 Å². The molecule has 7 heteroatoms. The number of piperidine rings is 1. The highest BCUT2D eigenvalue weighted by Gasteiger charge is 2.32. The maximum absolute atomic E-state index is 13.0. The first-order valence-corrected chi connectivity index (χ1v) is 10.9. The Bertz CT molecular complexity index is 750. The highest BCUT2D eigenvalue weighted by molar-refractivity contribution is 7.89. The lowest BCUT2D eigenvalue weighted by atomic mass is 10.1. The molecule has 1 aromatic carbocycles. The van der Waals surface area contributed by atoms with Crippen LogP contribution in [-0.2, 0) is 10.0 Å². The molecule has 2 heterocycles. The first-order valence-electron chi connectivity index (χ1n) is 9.49. The largest absolute Gasteiger partial charge is 0.338 e. The summed E-state index contributed by atoms with van der Waals surface area (Å²) in [6, 6.07) is 6.54. The fourth-order valence-corrected chi connectivity index (χ4v) is 5.75. The van der Waals surface area contributed by atoms with Crippen molar-refractivity contribution in [2.75, 3.05) is 33.2 Å². The van der Waals surface area contributed by atoms with Crippen LogP contribution < -0.4 is 5.32 Å². The molecule has 0 aliphatic carbocycles. The van der Waals surface area contributed by atoms with Gasteiger partial charge in [0.25, 0.3) is 5.91 Å². The van der Waals surface area contributed by atoms with Gasteiger partial charge in [-0.3, -0.25) is 4.79 Å². The lowest BCUT2D eigenvalue weighted by molar-refractivity contribution is 0.0787. The summed E-state index contributed by atoms with van der Waals surface area (Å²) < 4.78 is 27.6. The van der Waals surface area contributed by atoms with E-state index in [0.717, 1.165) is 45.3 Å². The van der Waals surface area contributed by atoms with E-state index in [1.807, 2.05) is 18.9 Å². The van der Waals surface area contributed by atoms with E-state index in [4.69, 9.17) is 0 Å². The number of nitrogens with zero attached hydrogens (tertiary/aromatic N) is 2. The number of likely N-dealkylation sites (tertiary alicyclic amines) is 1. The second-order valence-corrected chi connectivity index (χ2v) is 9.34. The van der Waals surface area contributed by atoms with E-state index in [-0.39, 0.29) is 16.8 Å². The molecule has 2 atom stereocenters. The van der Waals surface area contributed by atoms with Gasteiger partial charge in [0, 0.05) is 31.2 Å². The van der Waals surface area contributed by atoms with Crippen molar-refractivity contribution in [2.24, 2.45) is 5.92 Å². The Labute approximate surface area is 156 Å². The van der Waals surface area contributed by atoms with E-state index in [0.29, 0.717) is 18.0 Å². The quantitative estimate of drug-likeness (QED) is 0.849. The zero-order valence-electron chi connectivity index (χ0n) is 15.6. The van der Waals surface area contributed by atoms with Crippen LogP contribution in [0.25, 0.3) is 0 Å². The first kappa shape index (κ1) is 19.3. The van der Waals surface area contributed by atoms with Gasteiger partial charge in [-0.1, -0.05) is 12.5 Å². The van der Waals surface area contributed by atoms with Crippen LogP contribution in [-0.4, -0.2) is 62.8 Å². The number of benzene rings is 1. The number of hydrogen-bond acceptors (Lipinski definition) is 4. The Balaban J connectivity index is 1.79. The predicted molar refractivity (Wildman–Crippen MR) is 102 cm³/mol. The van der Waals surface area contributed by atoms with Crippen LogP contribution in [0.5, 0.6) is 0 Å². The molecule has 0 radical (unpaired) electrons. The smallest absolute Gasteiger partial charge is 0.253 e. The Kier molecular flexibility index (Phi) is 5.99. The maximum Gasteiger partial charge on any atom is 0.253 e. The molecule has 6 nitrogen and oxygen atoms in total. The Morgan fingerprint density at radius 2 is 2.04 bits per heavy atom. The fourth-order valence-electron chi connectivity index (χ4n) is 4.01. The van der Waals surface area contributed by atoms with Crippen molar-refractivity contribution >= 4 is 15.9 Å². The maximum atomic E-state index is 13.0. The summed E-state index contributed by atoms with van der Waals surface area (Å²) in [5.41, 5.74) is 0.459. The molecule has 2 aliphatic rings. The minimum absolute atomic E-state index is 0.00833. The summed E-state index contributed by atoms with van der Waals surface area (Å²) in [4.78, 5) is 14.9. The van der Waals surface area contributed by atoms with E-state index in [2.05, 4.69) is 5.32 Å². The molecular formula is C19H29N3O3S. The first-order chi connectivity index (χ1) is 12.4. The second-order valence-electron chi connectivity index (χ2n) is 7.45. The summed E-state index contributed by atoms with van der Waals surface area (Å²) in [7, 11) is -1.64. The fraction of sp³-hybridized carbons (Fsp3) is 0.632. The van der Waals surface area contributed by atoms with E-state index in [1.165, 1.54) is 0 Å². The highest BCUT2D eigenvalue weighted by atomic mass is 32.2. The average molecular weight is 380 g/mol. The summed E-state index contributed by atoms with van der Waals surface area (Å²) in [6.45, 7) is 4.85. The van der Waals surface area contributed by atoms with Crippen LogP contribution in [0.2, 0.25) is 0 Å². The number of hydrogen-bond donors (Lipinski definition) is 1. The third-order valence-electron chi connectivity index (χ3n) is 5.50. The molecule has 2 unspecified atom stereocenters. The van der Waals surface area contributed by atoms with Gasteiger partial charge in [-0.15, -0.1) is 0 Å². The minimum atomic E-state index is -3.56. The SMILES string of the molecule is CNCC1CCN(C(=O)c2cccc(S(=O)(=O)N3CCCCC3C)c2)C1. The molecule has 3 rings (SSSR count). The summed E-state index contributed by atoms with van der Waals surface area (Å²) in [5.74, 6) is 0.386. The van der Waals surface area contributed by atoms with Gasteiger partial charge in [0.05, 0.1) is 4.90 Å². The van der Waals surface area contributed by atoms with Crippen LogP contribution >= 0.6 is 0 Å². The molecule has 144 valence electrons. The van der Waals surface area contributed by atoms with Gasteiger partial charge in [-0.2, -0.15) is 4.31 Å². The molecule has 0 bridgehead atoms. The van der Waals surface area contributed by atoms with Gasteiger partial charge in [0.1, 0.15) is 0 Å². The molecule has 2 aliphatic heterocycles. The van der Waals surface area contributed by atoms with Crippen molar-refractivity contribution in [1.29, 1.82) is 0 Å². The number of amides is 1. The van der Waals surface area contributed by atoms with Gasteiger partial charge in [-0.25, -0.2) is 8.42 Å². The van der Waals surface area contributed by atoms with Crippen LogP contribution in [0.1, 0.15) is 43.0 Å². The standard InChI is InChI=1S/C19H29N3O3S/c1-15-6-3-4-10-22(15)26(24,25)18-8-5-7-17(12-18)19(23)21-11-9-16(14-21)13-20-2/h5,7-8,12,15-16,20H,3-4,6,9-11,13-14H2,1-2H3. The molecule has 0 saturated carbocycles. The number of nitrogens with one attached hydrogen (secondary N) is 1. The van der Waals surface area contributed by atoms with Crippen molar-refractivity contribution in [2.45, 2.75) is 43.5 Å². The van der Waals surface area contributed by atoms with E-state index in [1.54, 1.807) is 28.6 Å². The third kappa shape index (κ3) is 3.94. The molecular weight excluding hydrogens is 350 g/mol. The molecule has 1 aromatic rings. The molecule has 0 aromatic heterocycles. The monoisotopic (exact) mass is 379 g/mol. The van der Waals surface area contributed by atoms with Gasteiger partial charge >= 0.3 is 0 Å². The third-order valence-corrected chi connectivity index (χ3v) is 7.51. The second kappa shape index (κ2) is 8.06. The average Bonchev–Trinajstić information content (AvgIpc) is 3.10. The van der Waals surface area contributed by atoms with Gasteiger partial charge in [-0.05, 0) is 63.9 Å². The number of rotatable bonds is 5. The van der Waals surface area contributed by atoms with Crippen LogP contribution in [0.15, 0.2) is 29.2 Å². The Hall–Kier alpha value is -1.44. The van der Waals surface area contributed by atoms with E-state index < -0.39 is 10.0 Å². The highest BCUT2D eigenvalue weighted by Crippen LogP contribution is 2.26. The molecule has 2 saturated heterocycles. The van der Waals surface area contributed by atoms with Crippen molar-refractivity contribution in [3.05, 3.63) is 29.8 Å². The van der Waals surface area contributed by atoms with Crippen LogP contribution in [0, 0.1) is 5.92 Å². The van der Waals surface area contributed by atoms with E-state index >= 15 is 0 Å². The minimum Gasteiger partial charge on any atom is -0.338 e. The summed E-state index contributed by atoms with van der Waals surface area (Å²) in [6.07, 6.45) is 3.83. The predicted octanol–water partition coefficient (Wildman–Crippen LogP) is 1.93. The Morgan fingerprint density at radius 3 is 2.77 bits per heavy atom. The van der Waals surface area contributed by atoms with Crippen molar-refractivity contribution in [3.8, 4) is 0 Å². The number of carbonyl (C=O) groups is 1. The van der Waals surface area contributed by atoms with Gasteiger partial charge < -0.3 is 10.2 Å². The molecule has 2 fully saturated rings. The molecule has 1 N–H and O–H groups in total. The van der Waals surface area contributed by atoms with Gasteiger partial charge in [0.2, 0.25) is 10.0 Å². The van der Waals surface area contributed by atoms with Gasteiger partial charge in [0.15, 0.2) is 0 Å². The Morgan fingerprint density at radius 1 is 1.23 bits per heavy atom. The van der Waals surface area contributed by atoms with Crippen LogP contribution in [0.3, 0.4) is 0 Å². The molecule has 1 amide bonds. The zero-order valence-corrected chi connectivity index (χ0v) is 16.5. The summed E-state index contributed by atoms with van der Waals surface area (Å²) >= 11 is 0. The zero-order chi connectivity index (χ0) is 18.7. The lowest BCUT2D eigenvalue weighted by Gasteiger charge is -2.32. The normalized spacial score (nSPS) is 24.8. The molecule has 26 heavy (non-hydrogen) atoms. The number of sulfonamides is 1. The number of carbonyl (C=O) groups excluding carboxylic acids is 1. The summed E-state index contributed by atoms with van der Waals surface area (Å²) in [5, 5.41) is 3.16. The molecule has 0 spiro atoms.